The minimum absolute atomic E-state index is 0.131. The summed E-state index contributed by atoms with van der Waals surface area (Å²) >= 11 is 0. The Balaban J connectivity index is 2.32. The highest BCUT2D eigenvalue weighted by atomic mass is 16.5. The van der Waals surface area contributed by atoms with E-state index in [1.807, 2.05) is 30.3 Å². The van der Waals surface area contributed by atoms with Gasteiger partial charge in [0.05, 0.1) is 6.61 Å². The third-order valence-corrected chi connectivity index (χ3v) is 1.82. The molecule has 0 atom stereocenters. The van der Waals surface area contributed by atoms with Gasteiger partial charge in [-0.05, 0) is 18.6 Å². The first-order valence-electron chi connectivity index (χ1n) is 5.13. The minimum atomic E-state index is -0.287. The highest BCUT2D eigenvalue weighted by Crippen LogP contribution is 1.95. The van der Waals surface area contributed by atoms with Crippen LogP contribution >= 0.6 is 0 Å². The van der Waals surface area contributed by atoms with E-state index in [0.29, 0.717) is 13.0 Å². The van der Waals surface area contributed by atoms with Crippen LogP contribution in [-0.4, -0.2) is 12.6 Å². The molecule has 0 aliphatic heterocycles. The highest BCUT2D eigenvalue weighted by molar-refractivity contribution is 5.72. The van der Waals surface area contributed by atoms with Crippen LogP contribution in [0.4, 0.5) is 0 Å². The molecule has 0 saturated carbocycles. The van der Waals surface area contributed by atoms with Gasteiger partial charge in [0.15, 0.2) is 0 Å². The van der Waals surface area contributed by atoms with Crippen molar-refractivity contribution >= 4 is 5.97 Å². The van der Waals surface area contributed by atoms with Crippen LogP contribution in [0.5, 0.6) is 0 Å². The van der Waals surface area contributed by atoms with E-state index < -0.39 is 0 Å². The fraction of sp³-hybridized carbons (Fsp3) is 0.214. The van der Waals surface area contributed by atoms with Gasteiger partial charge in [-0.25, -0.2) is 0 Å². The van der Waals surface area contributed by atoms with Crippen LogP contribution < -0.4 is 0 Å². The molecule has 82 valence electrons. The lowest BCUT2D eigenvalue weighted by Gasteiger charge is -1.98. The van der Waals surface area contributed by atoms with Gasteiger partial charge in [-0.1, -0.05) is 36.1 Å². The summed E-state index contributed by atoms with van der Waals surface area (Å²) in [6.07, 6.45) is 2.52. The average molecular weight is 214 g/mol. The molecule has 0 aliphatic carbocycles. The molecule has 0 unspecified atom stereocenters. The first kappa shape index (κ1) is 12.1. The number of hydrogen-bond acceptors (Lipinski definition) is 2. The van der Waals surface area contributed by atoms with Crippen molar-refractivity contribution in [1.82, 2.24) is 0 Å². The Hall–Kier alpha value is -2.01. The third kappa shape index (κ3) is 5.02. The lowest BCUT2D eigenvalue weighted by molar-refractivity contribution is -0.142. The molecular weight excluding hydrogens is 200 g/mol. The Morgan fingerprint density at radius 1 is 1.38 bits per heavy atom. The highest BCUT2D eigenvalue weighted by Gasteiger charge is 1.97. The van der Waals surface area contributed by atoms with E-state index >= 15 is 0 Å². The maximum atomic E-state index is 11.1. The summed E-state index contributed by atoms with van der Waals surface area (Å²) in [5, 5.41) is 0. The van der Waals surface area contributed by atoms with E-state index in [1.54, 1.807) is 6.08 Å². The monoisotopic (exact) mass is 214 g/mol. The van der Waals surface area contributed by atoms with Crippen molar-refractivity contribution in [3.63, 3.8) is 0 Å². The molecule has 0 N–H and O–H groups in total. The van der Waals surface area contributed by atoms with Crippen molar-refractivity contribution in [2.24, 2.45) is 0 Å². The van der Waals surface area contributed by atoms with Crippen LogP contribution in [0, 0.1) is 11.8 Å². The molecule has 2 nitrogen and oxygen atoms in total. The smallest absolute Gasteiger partial charge is 0.317 e. The van der Waals surface area contributed by atoms with Gasteiger partial charge in [-0.2, -0.15) is 0 Å². The largest absolute Gasteiger partial charge is 0.465 e. The molecule has 0 bridgehead atoms. The summed E-state index contributed by atoms with van der Waals surface area (Å²) in [5.74, 6) is 5.39. The predicted molar refractivity (Wildman–Crippen MR) is 63.7 cm³/mol. The number of rotatable bonds is 4. The first-order chi connectivity index (χ1) is 7.83. The summed E-state index contributed by atoms with van der Waals surface area (Å²) < 4.78 is 4.91. The predicted octanol–water partition coefficient (Wildman–Crippen LogP) is 2.55. The zero-order valence-corrected chi connectivity index (χ0v) is 9.11. The molecule has 2 heteroatoms. The van der Waals surface area contributed by atoms with Crippen molar-refractivity contribution in [2.75, 3.05) is 6.61 Å². The lowest BCUT2D eigenvalue weighted by atomic mass is 10.2. The Labute approximate surface area is 95.9 Å². The summed E-state index contributed by atoms with van der Waals surface area (Å²) in [5.41, 5.74) is 0.904. The van der Waals surface area contributed by atoms with Gasteiger partial charge in [-0.3, -0.25) is 4.79 Å². The second kappa shape index (κ2) is 7.30. The first-order valence-corrected chi connectivity index (χ1v) is 5.13. The molecule has 0 aliphatic rings. The van der Waals surface area contributed by atoms with Crippen LogP contribution in [0.3, 0.4) is 0 Å². The van der Waals surface area contributed by atoms with Crippen LogP contribution in [0.15, 0.2) is 43.0 Å². The SMILES string of the molecule is C=CCCOC(=O)CC#Cc1ccccc1. The van der Waals surface area contributed by atoms with E-state index in [4.69, 9.17) is 4.74 Å². The maximum absolute atomic E-state index is 11.1. The van der Waals surface area contributed by atoms with E-state index in [9.17, 15) is 4.79 Å². The molecule has 1 aromatic rings. The fourth-order valence-corrected chi connectivity index (χ4v) is 1.05. The quantitative estimate of drug-likeness (QED) is 0.333. The molecule has 0 saturated heterocycles. The molecule has 0 spiro atoms. The molecule has 1 rings (SSSR count). The molecule has 0 aromatic heterocycles. The average Bonchev–Trinajstić information content (AvgIpc) is 2.31. The molecule has 0 amide bonds. The number of carbonyl (C=O) groups excluding carboxylic acids is 1. The summed E-state index contributed by atoms with van der Waals surface area (Å²) in [4.78, 5) is 11.1. The Morgan fingerprint density at radius 3 is 2.81 bits per heavy atom. The van der Waals surface area contributed by atoms with Gasteiger partial charge < -0.3 is 4.74 Å². The van der Waals surface area contributed by atoms with E-state index in [-0.39, 0.29) is 12.4 Å². The van der Waals surface area contributed by atoms with E-state index in [0.717, 1.165) is 5.56 Å². The van der Waals surface area contributed by atoms with Crippen molar-refractivity contribution in [2.45, 2.75) is 12.8 Å². The molecule has 0 fully saturated rings. The summed E-state index contributed by atoms with van der Waals surface area (Å²) in [7, 11) is 0. The van der Waals surface area contributed by atoms with Crippen LogP contribution in [0.2, 0.25) is 0 Å². The van der Waals surface area contributed by atoms with Crippen molar-refractivity contribution < 1.29 is 9.53 Å². The Bertz CT molecular complexity index is 396. The van der Waals surface area contributed by atoms with Crippen LogP contribution in [0.25, 0.3) is 0 Å². The zero-order valence-electron chi connectivity index (χ0n) is 9.11. The van der Waals surface area contributed by atoms with Gasteiger partial charge in [0.25, 0.3) is 0 Å². The Kier molecular flexibility index (Phi) is 5.51. The molecule has 16 heavy (non-hydrogen) atoms. The second-order valence-electron chi connectivity index (χ2n) is 3.14. The normalized spacial score (nSPS) is 8.75. The summed E-state index contributed by atoms with van der Waals surface area (Å²) in [6.45, 7) is 3.92. The lowest BCUT2D eigenvalue weighted by Crippen LogP contribution is -2.03. The maximum Gasteiger partial charge on any atom is 0.317 e. The second-order valence-corrected chi connectivity index (χ2v) is 3.14. The van der Waals surface area contributed by atoms with Crippen molar-refractivity contribution in [3.8, 4) is 11.8 Å². The standard InChI is InChI=1S/C14H14O2/c1-2-3-12-16-14(15)11-7-10-13-8-5-4-6-9-13/h2,4-6,8-9H,1,3,11-12H2. The van der Waals surface area contributed by atoms with Gasteiger partial charge in [0, 0.05) is 5.56 Å². The van der Waals surface area contributed by atoms with Crippen molar-refractivity contribution in [1.29, 1.82) is 0 Å². The van der Waals surface area contributed by atoms with Gasteiger partial charge in [-0.15, -0.1) is 6.58 Å². The molecule has 0 heterocycles. The van der Waals surface area contributed by atoms with Gasteiger partial charge >= 0.3 is 5.97 Å². The minimum Gasteiger partial charge on any atom is -0.465 e. The summed E-state index contributed by atoms with van der Waals surface area (Å²) in [6, 6.07) is 9.54. The van der Waals surface area contributed by atoms with Gasteiger partial charge in [0.1, 0.15) is 6.42 Å². The number of hydrogen-bond donors (Lipinski definition) is 0. The van der Waals surface area contributed by atoms with E-state index in [2.05, 4.69) is 18.4 Å². The molecule has 0 radical (unpaired) electrons. The molecule has 1 aromatic carbocycles. The number of esters is 1. The molecular formula is C14H14O2. The zero-order chi connectivity index (χ0) is 11.6. The number of benzene rings is 1. The number of ether oxygens (including phenoxy) is 1. The third-order valence-electron chi connectivity index (χ3n) is 1.82. The van der Waals surface area contributed by atoms with Crippen LogP contribution in [0.1, 0.15) is 18.4 Å². The fourth-order valence-electron chi connectivity index (χ4n) is 1.05. The number of carbonyl (C=O) groups is 1. The topological polar surface area (TPSA) is 26.3 Å². The van der Waals surface area contributed by atoms with E-state index in [1.165, 1.54) is 0 Å². The van der Waals surface area contributed by atoms with Gasteiger partial charge in [0.2, 0.25) is 0 Å². The Morgan fingerprint density at radius 2 is 2.12 bits per heavy atom. The van der Waals surface area contributed by atoms with Crippen LogP contribution in [-0.2, 0) is 9.53 Å². The van der Waals surface area contributed by atoms with Crippen molar-refractivity contribution in [3.05, 3.63) is 48.6 Å².